The fourth-order valence-corrected chi connectivity index (χ4v) is 8.89. The Labute approximate surface area is 205 Å². The lowest BCUT2D eigenvalue weighted by Crippen LogP contribution is -2.69. The van der Waals surface area contributed by atoms with Crippen LogP contribution >= 0.6 is 11.3 Å². The monoisotopic (exact) mass is 506 g/mol. The number of Topliss-reactive ketones (excluding diaryl/α,β-unsaturated/α-hetero) is 1. The number of hydrogen-bond donors (Lipinski definition) is 2. The molecule has 35 heavy (non-hydrogen) atoms. The predicted octanol–water partition coefficient (Wildman–Crippen LogP) is 3.58. The Hall–Kier alpha value is -1.78. The first kappa shape index (κ1) is 23.6. The van der Waals surface area contributed by atoms with Crippen molar-refractivity contribution in [3.05, 3.63) is 45.9 Å². The van der Waals surface area contributed by atoms with E-state index in [9.17, 15) is 24.2 Å². The van der Waals surface area contributed by atoms with Crippen molar-refractivity contribution in [2.45, 2.75) is 69.3 Å². The second kappa shape index (κ2) is 7.38. The first-order valence-electron chi connectivity index (χ1n) is 12.0. The summed E-state index contributed by atoms with van der Waals surface area (Å²) in [5.41, 5.74) is -5.22. The second-order valence-corrected chi connectivity index (χ2v) is 12.0. The molecule has 0 aromatic carbocycles. The van der Waals surface area contributed by atoms with Gasteiger partial charge in [-0.25, -0.2) is 8.78 Å². The molecule has 1 saturated heterocycles. The number of aliphatic hydroxyl groups is 2. The van der Waals surface area contributed by atoms with E-state index in [-0.39, 0.29) is 23.5 Å². The van der Waals surface area contributed by atoms with Crippen LogP contribution < -0.4 is 0 Å². The number of aliphatic hydroxyl groups excluding tert-OH is 2. The summed E-state index contributed by atoms with van der Waals surface area (Å²) >= 11 is 1.11. The van der Waals surface area contributed by atoms with Crippen LogP contribution in [-0.4, -0.2) is 51.9 Å². The van der Waals surface area contributed by atoms with Gasteiger partial charge in [-0.1, -0.05) is 18.6 Å². The van der Waals surface area contributed by atoms with Crippen LogP contribution in [0.25, 0.3) is 0 Å². The van der Waals surface area contributed by atoms with Crippen molar-refractivity contribution in [2.75, 3.05) is 6.61 Å². The van der Waals surface area contributed by atoms with Gasteiger partial charge in [-0.2, -0.15) is 0 Å². The predicted molar refractivity (Wildman–Crippen MR) is 122 cm³/mol. The fourth-order valence-electron chi connectivity index (χ4n) is 8.16. The molecule has 6 rings (SSSR count). The summed E-state index contributed by atoms with van der Waals surface area (Å²) in [6, 6.07) is 1.30. The highest BCUT2D eigenvalue weighted by Crippen LogP contribution is 2.72. The summed E-state index contributed by atoms with van der Waals surface area (Å²) in [4.78, 5) is 25.6. The quantitative estimate of drug-likeness (QED) is 0.651. The Morgan fingerprint density at radius 1 is 1.31 bits per heavy atom. The normalized spacial score (nSPS) is 48.1. The first-order chi connectivity index (χ1) is 16.5. The van der Waals surface area contributed by atoms with E-state index in [1.807, 2.05) is 0 Å². The highest BCUT2D eigenvalue weighted by molar-refractivity contribution is 7.10. The number of halogens is 2. The minimum absolute atomic E-state index is 0.0967. The van der Waals surface area contributed by atoms with Crippen molar-refractivity contribution < 1.29 is 38.1 Å². The van der Waals surface area contributed by atoms with E-state index >= 15 is 4.39 Å². The highest BCUT2D eigenvalue weighted by atomic mass is 32.1. The second-order valence-electron chi connectivity index (χ2n) is 11.0. The molecule has 5 aliphatic rings. The van der Waals surface area contributed by atoms with Crippen LogP contribution in [0.3, 0.4) is 0 Å². The van der Waals surface area contributed by atoms with Gasteiger partial charge >= 0.3 is 0 Å². The van der Waals surface area contributed by atoms with Crippen LogP contribution in [0.2, 0.25) is 0 Å². The molecule has 1 unspecified atom stereocenters. The van der Waals surface area contributed by atoms with Crippen molar-refractivity contribution in [1.82, 2.24) is 0 Å². The molecule has 1 aromatic heterocycles. The van der Waals surface area contributed by atoms with Gasteiger partial charge in [0.2, 0.25) is 0 Å². The minimum Gasteiger partial charge on any atom is -0.390 e. The number of carbonyl (C=O) groups excluding carboxylic acids is 2. The van der Waals surface area contributed by atoms with Gasteiger partial charge in [-0.15, -0.1) is 11.3 Å². The van der Waals surface area contributed by atoms with E-state index in [0.717, 1.165) is 11.3 Å². The largest absolute Gasteiger partial charge is 0.390 e. The molecule has 1 aromatic rings. The molecule has 2 N–H and O–H groups in total. The summed E-state index contributed by atoms with van der Waals surface area (Å²) < 4.78 is 44.0. The van der Waals surface area contributed by atoms with E-state index in [0.29, 0.717) is 18.4 Å². The van der Waals surface area contributed by atoms with Gasteiger partial charge in [0.15, 0.2) is 29.1 Å². The molecule has 0 spiro atoms. The molecular formula is C26H28F2O6S. The Balaban J connectivity index is 1.44. The van der Waals surface area contributed by atoms with Crippen molar-refractivity contribution >= 4 is 22.9 Å². The zero-order chi connectivity index (χ0) is 25.0. The maximum absolute atomic E-state index is 17.3. The third kappa shape index (κ3) is 2.66. The van der Waals surface area contributed by atoms with Gasteiger partial charge in [-0.05, 0) is 62.1 Å². The van der Waals surface area contributed by atoms with Crippen LogP contribution in [0.5, 0.6) is 0 Å². The molecular weight excluding hydrogens is 478 g/mol. The Morgan fingerprint density at radius 3 is 2.77 bits per heavy atom. The number of ketones is 2. The molecule has 0 bridgehead atoms. The molecule has 1 aliphatic heterocycles. The number of thiophene rings is 1. The molecule has 9 heteroatoms. The van der Waals surface area contributed by atoms with Gasteiger partial charge in [-0.3, -0.25) is 9.59 Å². The number of carbonyl (C=O) groups is 2. The van der Waals surface area contributed by atoms with E-state index in [4.69, 9.17) is 9.47 Å². The molecule has 9 atom stereocenters. The van der Waals surface area contributed by atoms with Crippen LogP contribution in [0.15, 0.2) is 35.2 Å². The maximum atomic E-state index is 17.3. The lowest BCUT2D eigenvalue weighted by atomic mass is 9.44. The number of rotatable bonds is 3. The standard InChI is InChI=1S/C26H28F2O6S/c1-23-7-5-14(30)9-13(23)3-4-15-16-10-20-26(19(32)12-29,24(16,2)11-18(31)25(15,23)28)34-22(33-20)21-17(27)6-8-35-21/h5-9,15-16,18,20,22,29,31H,3-4,10-12H2,1-2H3/t15-,16?,18-,20+,22+,23-,24-,25-,26+/m0/s1. The fraction of sp³-hybridized carbons (Fsp3) is 0.615. The van der Waals surface area contributed by atoms with E-state index in [2.05, 4.69) is 0 Å². The Morgan fingerprint density at radius 2 is 2.09 bits per heavy atom. The smallest absolute Gasteiger partial charge is 0.197 e. The van der Waals surface area contributed by atoms with Gasteiger partial charge in [0.05, 0.1) is 17.1 Å². The third-order valence-electron chi connectivity index (χ3n) is 9.80. The molecule has 188 valence electrons. The van der Waals surface area contributed by atoms with Crippen molar-refractivity contribution in [1.29, 1.82) is 0 Å². The lowest BCUT2D eigenvalue weighted by molar-refractivity contribution is -0.231. The maximum Gasteiger partial charge on any atom is 0.197 e. The topological polar surface area (TPSA) is 93.1 Å². The van der Waals surface area contributed by atoms with Crippen LogP contribution in [0, 0.1) is 28.5 Å². The Bertz CT molecular complexity index is 1180. The van der Waals surface area contributed by atoms with E-state index in [1.54, 1.807) is 25.3 Å². The molecule has 0 radical (unpaired) electrons. The number of hydrogen-bond acceptors (Lipinski definition) is 7. The first-order valence-corrected chi connectivity index (χ1v) is 12.9. The van der Waals surface area contributed by atoms with Gasteiger partial charge in [0, 0.05) is 16.7 Å². The van der Waals surface area contributed by atoms with Gasteiger partial charge < -0.3 is 19.7 Å². The average Bonchev–Trinajstić information content (AvgIpc) is 3.47. The van der Waals surface area contributed by atoms with Gasteiger partial charge in [0.25, 0.3) is 0 Å². The summed E-state index contributed by atoms with van der Waals surface area (Å²) in [6.45, 7) is 2.73. The minimum atomic E-state index is -2.06. The van der Waals surface area contributed by atoms with Crippen LogP contribution in [0.1, 0.15) is 50.7 Å². The zero-order valence-electron chi connectivity index (χ0n) is 19.5. The van der Waals surface area contributed by atoms with Crippen LogP contribution in [-0.2, 0) is 19.1 Å². The third-order valence-corrected chi connectivity index (χ3v) is 10.7. The molecule has 4 fully saturated rings. The SMILES string of the molecule is C[C@]12C=CC(=O)C=C1CC[C@H]1C3C[C@H]4O[C@@H](c5sccc5F)O[C@@]4(C(=O)CO)[C@@]3(C)C[C@H](O)[C@@]12F. The van der Waals surface area contributed by atoms with Crippen molar-refractivity contribution in [3.8, 4) is 0 Å². The van der Waals surface area contributed by atoms with Crippen LogP contribution in [0.4, 0.5) is 8.78 Å². The molecule has 6 nitrogen and oxygen atoms in total. The van der Waals surface area contributed by atoms with Crippen molar-refractivity contribution in [2.24, 2.45) is 22.7 Å². The number of alkyl halides is 1. The summed E-state index contributed by atoms with van der Waals surface area (Å²) in [6.07, 6.45) is 2.12. The number of allylic oxidation sites excluding steroid dienone is 4. The molecule has 0 amide bonds. The zero-order valence-corrected chi connectivity index (χ0v) is 20.3. The Kier molecular flexibility index (Phi) is 4.98. The lowest BCUT2D eigenvalue weighted by Gasteiger charge is -2.62. The van der Waals surface area contributed by atoms with E-state index < -0.39 is 70.6 Å². The number of fused-ring (bicyclic) bond motifs is 7. The average molecular weight is 507 g/mol. The van der Waals surface area contributed by atoms with E-state index in [1.165, 1.54) is 18.2 Å². The molecule has 4 aliphatic carbocycles. The molecule has 2 heterocycles. The molecule has 3 saturated carbocycles. The summed E-state index contributed by atoms with van der Waals surface area (Å²) in [7, 11) is 0. The van der Waals surface area contributed by atoms with Gasteiger partial charge in [0.1, 0.15) is 12.4 Å². The summed E-state index contributed by atoms with van der Waals surface area (Å²) in [5.74, 6) is -2.32. The number of ether oxygens (including phenoxy) is 2. The summed E-state index contributed by atoms with van der Waals surface area (Å²) in [5, 5.41) is 23.0. The van der Waals surface area contributed by atoms with Crippen molar-refractivity contribution in [3.63, 3.8) is 0 Å². The highest BCUT2D eigenvalue weighted by Gasteiger charge is 2.79.